The Morgan fingerprint density at radius 3 is 2.40 bits per heavy atom. The van der Waals surface area contributed by atoms with Gasteiger partial charge in [-0.3, -0.25) is 14.3 Å². The van der Waals surface area contributed by atoms with Crippen molar-refractivity contribution in [2.75, 3.05) is 24.4 Å². The number of oxime groups is 1. The smallest absolute Gasteiger partial charge is 0.399 e. The molecule has 0 saturated carbocycles. The summed E-state index contributed by atoms with van der Waals surface area (Å²) < 4.78 is 82.3. The van der Waals surface area contributed by atoms with E-state index in [9.17, 15) is 35.9 Å². The fourth-order valence-corrected chi connectivity index (χ4v) is 5.43. The van der Waals surface area contributed by atoms with Gasteiger partial charge in [0.1, 0.15) is 7.11 Å². The Bertz CT molecular complexity index is 1520. The summed E-state index contributed by atoms with van der Waals surface area (Å²) in [6, 6.07) is 9.26. The highest BCUT2D eigenvalue weighted by Crippen LogP contribution is 2.34. The number of rotatable bonds is 10. The van der Waals surface area contributed by atoms with Crippen molar-refractivity contribution < 1.29 is 40.8 Å². The lowest BCUT2D eigenvalue weighted by Crippen LogP contribution is -2.36. The van der Waals surface area contributed by atoms with Gasteiger partial charge in [-0.25, -0.2) is 0 Å². The maximum absolute atomic E-state index is 13.6. The number of nitrogens with zero attached hydrogens (tertiary/aromatic N) is 3. The molecule has 232 valence electrons. The lowest BCUT2D eigenvalue weighted by atomic mass is 10.0. The van der Waals surface area contributed by atoms with Gasteiger partial charge in [0, 0.05) is 27.2 Å². The molecule has 0 fully saturated rings. The van der Waals surface area contributed by atoms with Crippen LogP contribution in [-0.2, 0) is 17.6 Å². The van der Waals surface area contributed by atoms with Crippen LogP contribution in [0.3, 0.4) is 0 Å². The van der Waals surface area contributed by atoms with Crippen molar-refractivity contribution in [2.24, 2.45) is 5.16 Å². The third kappa shape index (κ3) is 8.64. The zero-order chi connectivity index (χ0) is 32.1. The van der Waals surface area contributed by atoms with Gasteiger partial charge in [0.25, 0.3) is 11.8 Å². The molecule has 0 aliphatic rings. The molecule has 0 saturated heterocycles. The lowest BCUT2D eigenvalue weighted by molar-refractivity contribution is -0.141. The molecule has 1 atom stereocenters. The molecule has 16 heteroatoms. The minimum absolute atomic E-state index is 0.130. The highest BCUT2D eigenvalue weighted by Gasteiger charge is 2.46. The van der Waals surface area contributed by atoms with Crippen LogP contribution in [0.5, 0.6) is 0 Å². The second-order valence-electron chi connectivity index (χ2n) is 9.30. The molecule has 3 rings (SSSR count). The number of anilines is 1. The normalized spacial score (nSPS) is 13.0. The first-order valence-corrected chi connectivity index (χ1v) is 14.9. The van der Waals surface area contributed by atoms with E-state index in [1.54, 1.807) is 36.9 Å². The predicted octanol–water partition coefficient (Wildman–Crippen LogP) is 6.51. The van der Waals surface area contributed by atoms with Gasteiger partial charge >= 0.3 is 12.4 Å². The van der Waals surface area contributed by atoms with E-state index in [4.69, 9.17) is 0 Å². The van der Waals surface area contributed by atoms with Crippen LogP contribution in [0.1, 0.15) is 50.0 Å². The van der Waals surface area contributed by atoms with Crippen molar-refractivity contribution in [2.45, 2.75) is 38.8 Å². The second-order valence-corrected chi connectivity index (χ2v) is 11.4. The van der Waals surface area contributed by atoms with Crippen molar-refractivity contribution in [3.05, 3.63) is 79.7 Å². The number of nitrogens with one attached hydrogen (secondary N) is 2. The summed E-state index contributed by atoms with van der Waals surface area (Å²) in [6.07, 6.45) is -7.91. The number of amides is 2. The SMILES string of the molecule is CO/N=C(/c1cn(Cc2ccc(NC(=O)c3cccc(I)c3C(=O)N[C@@H](C)CSC)c(C)c2)nc1C(F)(F)F)C(F)(F)F. The summed E-state index contributed by atoms with van der Waals surface area (Å²) >= 11 is 3.54. The molecule has 2 amide bonds. The molecule has 0 bridgehead atoms. The molecule has 0 aliphatic heterocycles. The molecular weight excluding hydrogens is 715 g/mol. The number of benzene rings is 2. The lowest BCUT2D eigenvalue weighted by Gasteiger charge is -2.16. The van der Waals surface area contributed by atoms with E-state index in [-0.39, 0.29) is 23.7 Å². The van der Waals surface area contributed by atoms with E-state index in [1.165, 1.54) is 18.2 Å². The number of halogens is 7. The maximum Gasteiger partial charge on any atom is 0.437 e. The zero-order valence-electron chi connectivity index (χ0n) is 23.2. The molecule has 3 aromatic rings. The number of hydrogen-bond donors (Lipinski definition) is 2. The first kappa shape index (κ1) is 34.2. The average Bonchev–Trinajstić information content (AvgIpc) is 3.31. The highest BCUT2D eigenvalue weighted by molar-refractivity contribution is 14.1. The van der Waals surface area contributed by atoms with Gasteiger partial charge in [-0.1, -0.05) is 23.4 Å². The molecule has 1 aromatic heterocycles. The van der Waals surface area contributed by atoms with Gasteiger partial charge in [-0.2, -0.15) is 43.2 Å². The van der Waals surface area contributed by atoms with E-state index in [0.29, 0.717) is 32.3 Å². The number of carbonyl (C=O) groups is 2. The summed E-state index contributed by atoms with van der Waals surface area (Å²) in [5, 5.41) is 11.7. The Kier molecular flexibility index (Phi) is 11.1. The molecule has 1 heterocycles. The Morgan fingerprint density at radius 2 is 1.81 bits per heavy atom. The van der Waals surface area contributed by atoms with E-state index in [1.807, 2.05) is 35.8 Å². The number of thioether (sulfide) groups is 1. The largest absolute Gasteiger partial charge is 0.437 e. The van der Waals surface area contributed by atoms with Crippen LogP contribution >= 0.6 is 34.4 Å². The van der Waals surface area contributed by atoms with Gasteiger partial charge < -0.3 is 15.5 Å². The summed E-state index contributed by atoms with van der Waals surface area (Å²) in [5.41, 5.74) is -3.28. The monoisotopic (exact) mass is 741 g/mol. The van der Waals surface area contributed by atoms with Gasteiger partial charge in [-0.15, -0.1) is 0 Å². The van der Waals surface area contributed by atoms with Crippen LogP contribution in [-0.4, -0.2) is 58.6 Å². The van der Waals surface area contributed by atoms with Crippen molar-refractivity contribution in [3.63, 3.8) is 0 Å². The predicted molar refractivity (Wildman–Crippen MR) is 160 cm³/mol. The van der Waals surface area contributed by atoms with Crippen molar-refractivity contribution in [3.8, 4) is 0 Å². The Balaban J connectivity index is 1.87. The summed E-state index contributed by atoms with van der Waals surface area (Å²) in [4.78, 5) is 30.3. The zero-order valence-corrected chi connectivity index (χ0v) is 26.1. The first-order chi connectivity index (χ1) is 20.1. The summed E-state index contributed by atoms with van der Waals surface area (Å²) in [5.74, 6) is -0.269. The number of hydrogen-bond acceptors (Lipinski definition) is 6. The number of aromatic nitrogens is 2. The van der Waals surface area contributed by atoms with Crippen LogP contribution in [0.4, 0.5) is 32.0 Å². The van der Waals surface area contributed by atoms with E-state index >= 15 is 0 Å². The Hall–Kier alpha value is -3.28. The third-order valence-corrected chi connectivity index (χ3v) is 7.63. The second kappa shape index (κ2) is 14.0. The third-order valence-electron chi connectivity index (χ3n) is 5.90. The molecule has 0 unspecified atom stereocenters. The molecule has 8 nitrogen and oxygen atoms in total. The van der Waals surface area contributed by atoms with Gasteiger partial charge in [-0.05, 0) is 72.0 Å². The first-order valence-electron chi connectivity index (χ1n) is 12.4. The van der Waals surface area contributed by atoms with Crippen molar-refractivity contribution in [1.29, 1.82) is 0 Å². The Morgan fingerprint density at radius 1 is 1.12 bits per heavy atom. The molecule has 2 aromatic carbocycles. The standard InChI is InChI=1S/C27H26F6IN5O3S/c1-14-10-16(11-39-12-18(22(37-39)26(28,29)30)23(38-42-3)27(31,32)33)8-9-20(14)36-24(40)17-6-5-7-19(34)21(17)25(41)35-15(2)13-43-4/h5-10,12,15H,11,13H2,1-4H3,(H,35,41)(H,36,40)/b38-23-/t15-/m0/s1. The number of aryl methyl sites for hydroxylation is 1. The maximum atomic E-state index is 13.6. The number of alkyl halides is 6. The minimum atomic E-state index is -5.23. The fourth-order valence-electron chi connectivity index (χ4n) is 4.10. The van der Waals surface area contributed by atoms with Gasteiger partial charge in [0.05, 0.1) is 23.2 Å². The fraction of sp³-hybridized carbons (Fsp3) is 0.333. The molecule has 0 radical (unpaired) electrons. The van der Waals surface area contributed by atoms with Crippen molar-refractivity contribution in [1.82, 2.24) is 15.1 Å². The molecular formula is C27H26F6IN5O3S. The molecule has 0 spiro atoms. The number of carbonyl (C=O) groups excluding carboxylic acids is 2. The van der Waals surface area contributed by atoms with E-state index < -0.39 is 41.1 Å². The topological polar surface area (TPSA) is 97.6 Å². The summed E-state index contributed by atoms with van der Waals surface area (Å²) in [6.45, 7) is 3.17. The van der Waals surface area contributed by atoms with Gasteiger partial charge in [0.15, 0.2) is 11.4 Å². The molecule has 2 N–H and O–H groups in total. The minimum Gasteiger partial charge on any atom is -0.399 e. The quantitative estimate of drug-likeness (QED) is 0.107. The van der Waals surface area contributed by atoms with E-state index in [0.717, 1.165) is 11.8 Å². The van der Waals surface area contributed by atoms with Crippen LogP contribution in [0.15, 0.2) is 47.8 Å². The van der Waals surface area contributed by atoms with E-state index in [2.05, 4.69) is 25.7 Å². The van der Waals surface area contributed by atoms with Crippen LogP contribution in [0.25, 0.3) is 0 Å². The average molecular weight is 741 g/mol. The van der Waals surface area contributed by atoms with Crippen molar-refractivity contribution >= 4 is 57.6 Å². The molecule has 43 heavy (non-hydrogen) atoms. The Labute approximate surface area is 260 Å². The highest BCUT2D eigenvalue weighted by atomic mass is 127. The van der Waals surface area contributed by atoms with Crippen LogP contribution in [0.2, 0.25) is 0 Å². The van der Waals surface area contributed by atoms with Gasteiger partial charge in [0.2, 0.25) is 0 Å². The summed E-state index contributed by atoms with van der Waals surface area (Å²) in [7, 11) is 0.786. The molecule has 0 aliphatic carbocycles. The van der Waals surface area contributed by atoms with Crippen LogP contribution < -0.4 is 10.6 Å². The van der Waals surface area contributed by atoms with Crippen LogP contribution in [0, 0.1) is 10.5 Å².